The lowest BCUT2D eigenvalue weighted by molar-refractivity contribution is 0.0993. The van der Waals surface area contributed by atoms with E-state index in [0.717, 1.165) is 21.9 Å². The summed E-state index contributed by atoms with van der Waals surface area (Å²) in [6, 6.07) is 34.2. The van der Waals surface area contributed by atoms with Gasteiger partial charge >= 0.3 is 0 Å². The van der Waals surface area contributed by atoms with Gasteiger partial charge in [-0.2, -0.15) is 0 Å². The van der Waals surface area contributed by atoms with E-state index in [-0.39, 0.29) is 5.91 Å². The third-order valence-electron chi connectivity index (χ3n) is 5.34. The number of amides is 1. The summed E-state index contributed by atoms with van der Waals surface area (Å²) in [4.78, 5) is 14.5. The summed E-state index contributed by atoms with van der Waals surface area (Å²) in [5.41, 5.74) is 3.21. The van der Waals surface area contributed by atoms with Crippen LogP contribution in [0.15, 0.2) is 109 Å². The highest BCUT2D eigenvalue weighted by Crippen LogP contribution is 2.36. The van der Waals surface area contributed by atoms with E-state index in [0.29, 0.717) is 22.2 Å². The molecule has 0 saturated carbocycles. The van der Waals surface area contributed by atoms with Crippen molar-refractivity contribution in [1.29, 1.82) is 0 Å². The molecule has 4 aromatic carbocycles. The Bertz CT molecular complexity index is 1420. The van der Waals surface area contributed by atoms with E-state index >= 15 is 0 Å². The number of anilines is 3. The van der Waals surface area contributed by atoms with Crippen molar-refractivity contribution in [3.8, 4) is 22.1 Å². The molecule has 1 heterocycles. The average Bonchev–Trinajstić information content (AvgIpc) is 3.38. The highest BCUT2D eigenvalue weighted by Gasteiger charge is 2.15. The van der Waals surface area contributed by atoms with E-state index in [4.69, 9.17) is 4.74 Å². The van der Waals surface area contributed by atoms with Crippen molar-refractivity contribution in [2.75, 3.05) is 17.3 Å². The molecule has 0 spiro atoms. The maximum absolute atomic E-state index is 12.9. The minimum absolute atomic E-state index is 0.0875. The van der Waals surface area contributed by atoms with Crippen molar-refractivity contribution >= 4 is 33.8 Å². The van der Waals surface area contributed by atoms with Gasteiger partial charge in [0.2, 0.25) is 5.13 Å². The second kappa shape index (κ2) is 10.2. The van der Waals surface area contributed by atoms with Crippen molar-refractivity contribution in [2.45, 2.75) is 0 Å². The minimum atomic E-state index is -0.0875. The number of carbonyl (C=O) groups is 1. The van der Waals surface area contributed by atoms with Crippen molar-refractivity contribution < 1.29 is 9.53 Å². The number of nitrogens with zero attached hydrogens (tertiary/aromatic N) is 3. The molecule has 0 fully saturated rings. The quantitative estimate of drug-likeness (QED) is 0.272. The van der Waals surface area contributed by atoms with Gasteiger partial charge in [-0.15, -0.1) is 10.2 Å². The monoisotopic (exact) mass is 478 g/mol. The first-order chi connectivity index (χ1) is 17.2. The smallest absolute Gasteiger partial charge is 0.258 e. The predicted molar refractivity (Wildman–Crippen MR) is 141 cm³/mol. The van der Waals surface area contributed by atoms with E-state index in [1.54, 1.807) is 36.2 Å². The van der Waals surface area contributed by atoms with Crippen molar-refractivity contribution in [1.82, 2.24) is 10.2 Å². The zero-order valence-electron chi connectivity index (χ0n) is 19.0. The molecular formula is C28H22N4O2S. The molecule has 0 radical (unpaired) electrons. The number of carbonyl (C=O) groups excluding carboxylic acids is 1. The second-order valence-electron chi connectivity index (χ2n) is 7.73. The summed E-state index contributed by atoms with van der Waals surface area (Å²) in [5.74, 6) is 1.20. The Morgan fingerprint density at radius 2 is 1.46 bits per heavy atom. The van der Waals surface area contributed by atoms with Crippen LogP contribution in [0.1, 0.15) is 10.4 Å². The summed E-state index contributed by atoms with van der Waals surface area (Å²) in [7, 11) is 1.77. The van der Waals surface area contributed by atoms with Gasteiger partial charge < -0.3 is 15.0 Å². The molecule has 0 saturated heterocycles. The zero-order valence-corrected chi connectivity index (χ0v) is 19.8. The predicted octanol–water partition coefficient (Wildman–Crippen LogP) is 7.02. The molecule has 0 atom stereocenters. The van der Waals surface area contributed by atoms with Gasteiger partial charge in [0.15, 0.2) is 5.01 Å². The van der Waals surface area contributed by atoms with Crippen LogP contribution >= 0.6 is 11.3 Å². The molecule has 1 amide bonds. The van der Waals surface area contributed by atoms with Crippen LogP contribution in [0.25, 0.3) is 10.6 Å². The van der Waals surface area contributed by atoms with Crippen LogP contribution < -0.4 is 15.0 Å². The first kappa shape index (κ1) is 22.3. The highest BCUT2D eigenvalue weighted by atomic mass is 32.1. The number of benzene rings is 4. The fraction of sp³-hybridized carbons (Fsp3) is 0.0357. The lowest BCUT2D eigenvalue weighted by Gasteiger charge is -2.17. The van der Waals surface area contributed by atoms with Crippen LogP contribution in [0.2, 0.25) is 0 Å². The number of hydrogen-bond acceptors (Lipinski definition) is 6. The minimum Gasteiger partial charge on any atom is -0.457 e. The molecule has 172 valence electrons. The van der Waals surface area contributed by atoms with Crippen molar-refractivity contribution in [3.05, 3.63) is 115 Å². The van der Waals surface area contributed by atoms with Gasteiger partial charge in [0.1, 0.15) is 11.5 Å². The van der Waals surface area contributed by atoms with Gasteiger partial charge in [-0.25, -0.2) is 0 Å². The van der Waals surface area contributed by atoms with Gasteiger partial charge in [-0.1, -0.05) is 59.9 Å². The van der Waals surface area contributed by atoms with Gasteiger partial charge in [-0.3, -0.25) is 4.79 Å². The Hall–Kier alpha value is -4.49. The molecule has 35 heavy (non-hydrogen) atoms. The maximum Gasteiger partial charge on any atom is 0.258 e. The molecule has 0 aliphatic carbocycles. The Balaban J connectivity index is 1.31. The van der Waals surface area contributed by atoms with Gasteiger partial charge in [-0.05, 0) is 60.7 Å². The summed E-state index contributed by atoms with van der Waals surface area (Å²) in [6.07, 6.45) is 0. The fourth-order valence-corrected chi connectivity index (χ4v) is 4.31. The third-order valence-corrected chi connectivity index (χ3v) is 6.22. The first-order valence-electron chi connectivity index (χ1n) is 11.0. The number of aromatic nitrogens is 2. The maximum atomic E-state index is 12.9. The Labute approximate surface area is 207 Å². The molecule has 1 N–H and O–H groups in total. The molecule has 5 rings (SSSR count). The summed E-state index contributed by atoms with van der Waals surface area (Å²) in [6.45, 7) is 0. The number of nitrogens with one attached hydrogen (secondary N) is 1. The van der Waals surface area contributed by atoms with Gasteiger partial charge in [0.25, 0.3) is 5.91 Å². The van der Waals surface area contributed by atoms with Crippen molar-refractivity contribution in [2.24, 2.45) is 0 Å². The standard InChI is InChI=1S/C28H22N4O2S/c1-32(22-12-6-3-7-13-22)27(33)20-16-18-23(19-17-20)34-25-15-9-8-14-24(25)26-30-31-28(35-26)29-21-10-4-2-5-11-21/h2-19H,1H3,(H,29,31). The lowest BCUT2D eigenvalue weighted by Crippen LogP contribution is -2.25. The number of hydrogen-bond donors (Lipinski definition) is 1. The fourth-order valence-electron chi connectivity index (χ4n) is 3.51. The van der Waals surface area contributed by atoms with E-state index in [2.05, 4.69) is 15.5 Å². The largest absolute Gasteiger partial charge is 0.457 e. The summed E-state index contributed by atoms with van der Waals surface area (Å²) >= 11 is 1.45. The molecule has 7 heteroatoms. The van der Waals surface area contributed by atoms with Gasteiger partial charge in [0.05, 0.1) is 5.56 Å². The van der Waals surface area contributed by atoms with Crippen LogP contribution in [-0.4, -0.2) is 23.2 Å². The third kappa shape index (κ3) is 5.20. The first-order valence-corrected chi connectivity index (χ1v) is 11.8. The Morgan fingerprint density at radius 3 is 2.20 bits per heavy atom. The van der Waals surface area contributed by atoms with E-state index in [9.17, 15) is 4.79 Å². The van der Waals surface area contributed by atoms with Crippen LogP contribution in [0.3, 0.4) is 0 Å². The van der Waals surface area contributed by atoms with Crippen LogP contribution in [0, 0.1) is 0 Å². The van der Waals surface area contributed by atoms with Crippen LogP contribution in [0.4, 0.5) is 16.5 Å². The average molecular weight is 479 g/mol. The molecule has 5 aromatic rings. The lowest BCUT2D eigenvalue weighted by atomic mass is 10.1. The molecular weight excluding hydrogens is 456 g/mol. The molecule has 1 aromatic heterocycles. The number of ether oxygens (including phenoxy) is 1. The van der Waals surface area contributed by atoms with E-state index < -0.39 is 0 Å². The normalized spacial score (nSPS) is 10.5. The van der Waals surface area contributed by atoms with Crippen LogP contribution in [0.5, 0.6) is 11.5 Å². The van der Waals surface area contributed by atoms with E-state index in [1.807, 2.05) is 84.9 Å². The zero-order chi connectivity index (χ0) is 24.0. The second-order valence-corrected chi connectivity index (χ2v) is 8.70. The van der Waals surface area contributed by atoms with Crippen molar-refractivity contribution in [3.63, 3.8) is 0 Å². The Kier molecular flexibility index (Phi) is 6.50. The Morgan fingerprint density at radius 1 is 0.800 bits per heavy atom. The SMILES string of the molecule is CN(C(=O)c1ccc(Oc2ccccc2-c2nnc(Nc3ccccc3)s2)cc1)c1ccccc1. The van der Waals surface area contributed by atoms with Gasteiger partial charge in [0, 0.05) is 24.0 Å². The molecule has 0 unspecified atom stereocenters. The van der Waals surface area contributed by atoms with E-state index in [1.165, 1.54) is 11.3 Å². The van der Waals surface area contributed by atoms with Crippen LogP contribution in [-0.2, 0) is 0 Å². The molecule has 6 nitrogen and oxygen atoms in total. The molecule has 0 bridgehead atoms. The number of rotatable bonds is 7. The molecule has 0 aliphatic heterocycles. The number of para-hydroxylation sites is 3. The molecule has 0 aliphatic rings. The summed E-state index contributed by atoms with van der Waals surface area (Å²) < 4.78 is 6.16. The topological polar surface area (TPSA) is 67.4 Å². The summed E-state index contributed by atoms with van der Waals surface area (Å²) in [5, 5.41) is 13.3. The highest BCUT2D eigenvalue weighted by molar-refractivity contribution is 7.18.